The number of aryl methyl sites for hydroxylation is 3. The molecule has 1 N–H and O–H groups in total. The van der Waals surface area contributed by atoms with Crippen LogP contribution in [0.3, 0.4) is 0 Å². The summed E-state index contributed by atoms with van der Waals surface area (Å²) in [7, 11) is 0. The zero-order chi connectivity index (χ0) is 20.1. The number of benzene rings is 3. The van der Waals surface area contributed by atoms with Gasteiger partial charge >= 0.3 is 5.97 Å². The van der Waals surface area contributed by atoms with Crippen molar-refractivity contribution in [2.24, 2.45) is 0 Å². The SMILES string of the molecule is CCc1ccc(C(=O)Oc2ccc(C(=O)Nc3cc(C)ccc3C)cc2)cc1. The molecule has 3 rings (SSSR count). The molecule has 0 saturated heterocycles. The largest absolute Gasteiger partial charge is 0.423 e. The molecule has 0 aliphatic heterocycles. The van der Waals surface area contributed by atoms with Crippen LogP contribution in [0.25, 0.3) is 0 Å². The van der Waals surface area contributed by atoms with E-state index < -0.39 is 5.97 Å². The zero-order valence-electron chi connectivity index (χ0n) is 16.3. The summed E-state index contributed by atoms with van der Waals surface area (Å²) in [5.41, 5.74) is 5.02. The van der Waals surface area contributed by atoms with Crippen LogP contribution in [0, 0.1) is 13.8 Å². The molecular weight excluding hydrogens is 350 g/mol. The van der Waals surface area contributed by atoms with Crippen molar-refractivity contribution >= 4 is 17.6 Å². The van der Waals surface area contributed by atoms with Crippen molar-refractivity contribution in [1.82, 2.24) is 0 Å². The fraction of sp³-hybridized carbons (Fsp3) is 0.167. The van der Waals surface area contributed by atoms with Crippen molar-refractivity contribution < 1.29 is 14.3 Å². The topological polar surface area (TPSA) is 55.4 Å². The predicted molar refractivity (Wildman–Crippen MR) is 111 cm³/mol. The number of rotatable bonds is 5. The summed E-state index contributed by atoms with van der Waals surface area (Å²) in [5, 5.41) is 2.92. The number of ether oxygens (including phenoxy) is 1. The predicted octanol–water partition coefficient (Wildman–Crippen LogP) is 5.34. The van der Waals surface area contributed by atoms with Gasteiger partial charge in [-0.25, -0.2) is 4.79 Å². The Kier molecular flexibility index (Phi) is 5.90. The molecule has 0 spiro atoms. The molecule has 142 valence electrons. The smallest absolute Gasteiger partial charge is 0.343 e. The van der Waals surface area contributed by atoms with Crippen molar-refractivity contribution in [2.75, 3.05) is 5.32 Å². The fourth-order valence-corrected chi connectivity index (χ4v) is 2.78. The lowest BCUT2D eigenvalue weighted by Gasteiger charge is -2.10. The Morgan fingerprint density at radius 3 is 2.14 bits per heavy atom. The maximum Gasteiger partial charge on any atom is 0.343 e. The molecule has 0 aliphatic carbocycles. The first-order valence-corrected chi connectivity index (χ1v) is 9.26. The van der Waals surface area contributed by atoms with Gasteiger partial charge < -0.3 is 10.1 Å². The maximum atomic E-state index is 12.5. The molecule has 1 amide bonds. The van der Waals surface area contributed by atoms with E-state index in [0.717, 1.165) is 28.8 Å². The molecule has 0 fully saturated rings. The minimum Gasteiger partial charge on any atom is -0.423 e. The van der Waals surface area contributed by atoms with Gasteiger partial charge in [0.1, 0.15) is 5.75 Å². The second-order valence-electron chi connectivity index (χ2n) is 6.74. The molecular formula is C24H23NO3. The van der Waals surface area contributed by atoms with Crippen molar-refractivity contribution in [3.63, 3.8) is 0 Å². The Balaban J connectivity index is 1.66. The van der Waals surface area contributed by atoms with Crippen LogP contribution in [0.1, 0.15) is 44.3 Å². The van der Waals surface area contributed by atoms with E-state index in [1.807, 2.05) is 44.2 Å². The summed E-state index contributed by atoms with van der Waals surface area (Å²) >= 11 is 0. The van der Waals surface area contributed by atoms with E-state index in [1.54, 1.807) is 36.4 Å². The summed E-state index contributed by atoms with van der Waals surface area (Å²) in [6.45, 7) is 5.99. The molecule has 28 heavy (non-hydrogen) atoms. The third kappa shape index (κ3) is 4.65. The summed E-state index contributed by atoms with van der Waals surface area (Å²) in [5.74, 6) is -0.232. The van der Waals surface area contributed by atoms with Gasteiger partial charge in [0, 0.05) is 11.3 Å². The molecule has 3 aromatic rings. The van der Waals surface area contributed by atoms with Crippen LogP contribution in [0.4, 0.5) is 5.69 Å². The number of carbonyl (C=O) groups is 2. The van der Waals surface area contributed by atoms with Crippen LogP contribution in [0.5, 0.6) is 5.75 Å². The third-order valence-corrected chi connectivity index (χ3v) is 4.57. The number of hydrogen-bond donors (Lipinski definition) is 1. The van der Waals surface area contributed by atoms with Gasteiger partial charge in [-0.2, -0.15) is 0 Å². The highest BCUT2D eigenvalue weighted by molar-refractivity contribution is 6.04. The second kappa shape index (κ2) is 8.53. The number of carbonyl (C=O) groups excluding carboxylic acids is 2. The second-order valence-corrected chi connectivity index (χ2v) is 6.74. The lowest BCUT2D eigenvalue weighted by molar-refractivity contribution is 0.0734. The first kappa shape index (κ1) is 19.4. The number of nitrogens with one attached hydrogen (secondary N) is 1. The molecule has 0 bridgehead atoms. The Bertz CT molecular complexity index is 989. The first-order valence-electron chi connectivity index (χ1n) is 9.26. The number of hydrogen-bond acceptors (Lipinski definition) is 3. The van der Waals surface area contributed by atoms with Crippen LogP contribution in [-0.2, 0) is 6.42 Å². The molecule has 0 saturated carbocycles. The lowest BCUT2D eigenvalue weighted by atomic mass is 10.1. The minimum absolute atomic E-state index is 0.207. The Hall–Kier alpha value is -3.40. The lowest BCUT2D eigenvalue weighted by Crippen LogP contribution is -2.13. The van der Waals surface area contributed by atoms with E-state index in [9.17, 15) is 9.59 Å². The summed E-state index contributed by atoms with van der Waals surface area (Å²) in [6.07, 6.45) is 0.918. The molecule has 3 aromatic carbocycles. The number of esters is 1. The average Bonchev–Trinajstić information content (AvgIpc) is 2.71. The van der Waals surface area contributed by atoms with Gasteiger partial charge in [-0.05, 0) is 79.4 Å². The van der Waals surface area contributed by atoms with Gasteiger partial charge in [-0.15, -0.1) is 0 Å². The highest BCUT2D eigenvalue weighted by Gasteiger charge is 2.11. The van der Waals surface area contributed by atoms with E-state index >= 15 is 0 Å². The summed E-state index contributed by atoms with van der Waals surface area (Å²) in [6, 6.07) is 19.8. The van der Waals surface area contributed by atoms with E-state index in [0.29, 0.717) is 16.9 Å². The number of anilines is 1. The highest BCUT2D eigenvalue weighted by atomic mass is 16.5. The van der Waals surface area contributed by atoms with Crippen LogP contribution >= 0.6 is 0 Å². The van der Waals surface area contributed by atoms with Gasteiger partial charge in [0.05, 0.1) is 5.56 Å². The molecule has 0 radical (unpaired) electrons. The van der Waals surface area contributed by atoms with E-state index in [1.165, 1.54) is 0 Å². The monoisotopic (exact) mass is 373 g/mol. The van der Waals surface area contributed by atoms with E-state index in [4.69, 9.17) is 4.74 Å². The van der Waals surface area contributed by atoms with Crippen LogP contribution in [0.15, 0.2) is 66.7 Å². The van der Waals surface area contributed by atoms with Crippen molar-refractivity contribution in [1.29, 1.82) is 0 Å². The zero-order valence-corrected chi connectivity index (χ0v) is 16.3. The Labute approximate surface area is 165 Å². The quantitative estimate of drug-likeness (QED) is 0.485. The Morgan fingerprint density at radius 1 is 0.857 bits per heavy atom. The third-order valence-electron chi connectivity index (χ3n) is 4.57. The van der Waals surface area contributed by atoms with Gasteiger partial charge in [-0.1, -0.05) is 31.2 Å². The summed E-state index contributed by atoms with van der Waals surface area (Å²) < 4.78 is 5.39. The normalized spacial score (nSPS) is 10.4. The van der Waals surface area contributed by atoms with Crippen LogP contribution < -0.4 is 10.1 Å². The van der Waals surface area contributed by atoms with Gasteiger partial charge in [-0.3, -0.25) is 4.79 Å². The average molecular weight is 373 g/mol. The molecule has 4 heteroatoms. The van der Waals surface area contributed by atoms with Gasteiger partial charge in [0.15, 0.2) is 0 Å². The molecule has 0 atom stereocenters. The standard InChI is InChI=1S/C24H23NO3/c1-4-18-7-9-20(10-8-18)24(27)28-21-13-11-19(12-14-21)23(26)25-22-15-16(2)5-6-17(22)3/h5-15H,4H2,1-3H3,(H,25,26). The van der Waals surface area contributed by atoms with Crippen molar-refractivity contribution in [2.45, 2.75) is 27.2 Å². The molecule has 0 aromatic heterocycles. The number of amides is 1. The summed E-state index contributed by atoms with van der Waals surface area (Å²) in [4.78, 5) is 24.7. The van der Waals surface area contributed by atoms with Crippen LogP contribution in [0.2, 0.25) is 0 Å². The van der Waals surface area contributed by atoms with Crippen LogP contribution in [-0.4, -0.2) is 11.9 Å². The minimum atomic E-state index is -0.421. The Morgan fingerprint density at radius 2 is 1.50 bits per heavy atom. The molecule has 0 unspecified atom stereocenters. The van der Waals surface area contributed by atoms with Crippen molar-refractivity contribution in [3.05, 3.63) is 94.5 Å². The molecule has 0 aliphatic rings. The van der Waals surface area contributed by atoms with E-state index in [2.05, 4.69) is 12.2 Å². The van der Waals surface area contributed by atoms with Crippen molar-refractivity contribution in [3.8, 4) is 5.75 Å². The maximum absolute atomic E-state index is 12.5. The molecule has 4 nitrogen and oxygen atoms in total. The fourth-order valence-electron chi connectivity index (χ4n) is 2.78. The highest BCUT2D eigenvalue weighted by Crippen LogP contribution is 2.19. The van der Waals surface area contributed by atoms with E-state index in [-0.39, 0.29) is 5.91 Å². The van der Waals surface area contributed by atoms with Gasteiger partial charge in [0.25, 0.3) is 5.91 Å². The molecule has 0 heterocycles. The van der Waals surface area contributed by atoms with Gasteiger partial charge in [0.2, 0.25) is 0 Å². The first-order chi connectivity index (χ1) is 13.5.